The first-order valence-electron chi connectivity index (χ1n) is 5.99. The highest BCUT2D eigenvalue weighted by atomic mass is 16.3. The Morgan fingerprint density at radius 1 is 1.50 bits per heavy atom. The van der Waals surface area contributed by atoms with Crippen molar-refractivity contribution in [1.29, 1.82) is 0 Å². The van der Waals surface area contributed by atoms with Crippen molar-refractivity contribution in [3.63, 3.8) is 0 Å². The summed E-state index contributed by atoms with van der Waals surface area (Å²) in [6.45, 7) is 2.13. The van der Waals surface area contributed by atoms with Crippen LogP contribution in [0.3, 0.4) is 0 Å². The number of aliphatic hydroxyl groups is 1. The molecule has 0 saturated carbocycles. The standard InChI is InChI=1S/C12H15N5O/c1-8-4-11(17-12(15-8)13-7-14-17)16-10-3-2-9(5-10)6-18/h2-4,7,9-10,16,18H,5-6H2,1H3/t9-,10+/m0/s1. The van der Waals surface area contributed by atoms with E-state index in [0.29, 0.717) is 5.78 Å². The fourth-order valence-electron chi connectivity index (χ4n) is 2.24. The number of rotatable bonds is 3. The molecule has 2 aromatic heterocycles. The topological polar surface area (TPSA) is 75.3 Å². The maximum Gasteiger partial charge on any atom is 0.254 e. The van der Waals surface area contributed by atoms with E-state index in [-0.39, 0.29) is 18.6 Å². The summed E-state index contributed by atoms with van der Waals surface area (Å²) < 4.78 is 1.69. The van der Waals surface area contributed by atoms with E-state index in [1.807, 2.05) is 19.1 Å². The van der Waals surface area contributed by atoms with Crippen LogP contribution in [0.2, 0.25) is 0 Å². The molecule has 0 radical (unpaired) electrons. The molecule has 2 aromatic rings. The van der Waals surface area contributed by atoms with E-state index >= 15 is 0 Å². The Labute approximate surface area is 104 Å². The van der Waals surface area contributed by atoms with Crippen LogP contribution >= 0.6 is 0 Å². The summed E-state index contributed by atoms with van der Waals surface area (Å²) in [5.74, 6) is 1.72. The zero-order valence-electron chi connectivity index (χ0n) is 10.1. The summed E-state index contributed by atoms with van der Waals surface area (Å²) in [7, 11) is 0. The highest BCUT2D eigenvalue weighted by Gasteiger charge is 2.19. The molecule has 3 rings (SSSR count). The molecule has 0 fully saturated rings. The van der Waals surface area contributed by atoms with Crippen molar-refractivity contribution in [3.05, 3.63) is 30.2 Å². The summed E-state index contributed by atoms with van der Waals surface area (Å²) in [4.78, 5) is 8.38. The van der Waals surface area contributed by atoms with Crippen molar-refractivity contribution in [2.75, 3.05) is 11.9 Å². The van der Waals surface area contributed by atoms with Crippen LogP contribution in [-0.2, 0) is 0 Å². The molecule has 18 heavy (non-hydrogen) atoms. The second kappa shape index (κ2) is 4.38. The van der Waals surface area contributed by atoms with Gasteiger partial charge in [-0.2, -0.15) is 14.6 Å². The normalized spacial score (nSPS) is 22.8. The van der Waals surface area contributed by atoms with E-state index < -0.39 is 0 Å². The predicted octanol–water partition coefficient (Wildman–Crippen LogP) is 0.782. The summed E-state index contributed by atoms with van der Waals surface area (Å²) in [5.41, 5.74) is 0.902. The van der Waals surface area contributed by atoms with Crippen molar-refractivity contribution in [1.82, 2.24) is 19.6 Å². The number of fused-ring (bicyclic) bond motifs is 1. The van der Waals surface area contributed by atoms with E-state index in [4.69, 9.17) is 5.11 Å². The van der Waals surface area contributed by atoms with Crippen molar-refractivity contribution >= 4 is 11.6 Å². The maximum atomic E-state index is 9.12. The Morgan fingerprint density at radius 2 is 2.39 bits per heavy atom. The number of aromatic nitrogens is 4. The van der Waals surface area contributed by atoms with Crippen LogP contribution in [0.4, 0.5) is 5.82 Å². The molecule has 1 aliphatic rings. The van der Waals surface area contributed by atoms with Crippen molar-refractivity contribution in [2.24, 2.45) is 5.92 Å². The molecule has 6 nitrogen and oxygen atoms in total. The molecule has 2 atom stereocenters. The lowest BCUT2D eigenvalue weighted by Gasteiger charge is -2.14. The Morgan fingerprint density at radius 3 is 3.17 bits per heavy atom. The molecule has 6 heteroatoms. The first kappa shape index (κ1) is 11.2. The SMILES string of the molecule is Cc1cc(N[C@@H]2C=C[C@H](CO)C2)n2ncnc2n1. The van der Waals surface area contributed by atoms with Crippen LogP contribution in [-0.4, -0.2) is 37.3 Å². The average Bonchev–Trinajstić information content (AvgIpc) is 2.97. The summed E-state index contributed by atoms with van der Waals surface area (Å²) in [6.07, 6.45) is 6.52. The largest absolute Gasteiger partial charge is 0.396 e. The number of aliphatic hydroxyl groups excluding tert-OH is 1. The van der Waals surface area contributed by atoms with Gasteiger partial charge in [-0.1, -0.05) is 12.2 Å². The molecule has 94 valence electrons. The molecular formula is C12H15N5O. The lowest BCUT2D eigenvalue weighted by Crippen LogP contribution is -2.19. The van der Waals surface area contributed by atoms with E-state index in [2.05, 4.69) is 26.5 Å². The molecule has 0 aromatic carbocycles. The Bertz CT molecular complexity index is 591. The Kier molecular flexibility index (Phi) is 2.71. The minimum absolute atomic E-state index is 0.197. The fourth-order valence-corrected chi connectivity index (χ4v) is 2.24. The van der Waals surface area contributed by atoms with E-state index in [9.17, 15) is 0 Å². The number of hydrogen-bond donors (Lipinski definition) is 2. The molecule has 1 aliphatic carbocycles. The van der Waals surface area contributed by atoms with Gasteiger partial charge in [-0.05, 0) is 13.3 Å². The van der Waals surface area contributed by atoms with Gasteiger partial charge >= 0.3 is 0 Å². The molecular weight excluding hydrogens is 230 g/mol. The number of nitrogens with one attached hydrogen (secondary N) is 1. The summed E-state index contributed by atoms with van der Waals surface area (Å²) >= 11 is 0. The molecule has 0 saturated heterocycles. The third-order valence-corrected chi connectivity index (χ3v) is 3.12. The van der Waals surface area contributed by atoms with Gasteiger partial charge in [-0.25, -0.2) is 4.98 Å². The van der Waals surface area contributed by atoms with Crippen molar-refractivity contribution < 1.29 is 5.11 Å². The second-order valence-electron chi connectivity index (χ2n) is 4.57. The first-order valence-corrected chi connectivity index (χ1v) is 5.99. The number of hydrogen-bond acceptors (Lipinski definition) is 5. The van der Waals surface area contributed by atoms with Gasteiger partial charge in [0.2, 0.25) is 0 Å². The van der Waals surface area contributed by atoms with Crippen LogP contribution in [0.15, 0.2) is 24.5 Å². The van der Waals surface area contributed by atoms with Gasteiger partial charge in [0.15, 0.2) is 0 Å². The third-order valence-electron chi connectivity index (χ3n) is 3.12. The number of nitrogens with zero attached hydrogens (tertiary/aromatic N) is 4. The van der Waals surface area contributed by atoms with Gasteiger partial charge in [0.1, 0.15) is 12.1 Å². The molecule has 2 N–H and O–H groups in total. The third kappa shape index (κ3) is 1.95. The van der Waals surface area contributed by atoms with Crippen LogP contribution in [0.5, 0.6) is 0 Å². The summed E-state index contributed by atoms with van der Waals surface area (Å²) in [5, 5.41) is 16.7. The van der Waals surface area contributed by atoms with Crippen molar-refractivity contribution in [3.8, 4) is 0 Å². The summed E-state index contributed by atoms with van der Waals surface area (Å²) in [6, 6.07) is 2.17. The molecule has 2 heterocycles. The Balaban J connectivity index is 1.87. The highest BCUT2D eigenvalue weighted by Crippen LogP contribution is 2.21. The predicted molar refractivity (Wildman–Crippen MR) is 67.3 cm³/mol. The number of anilines is 1. The molecule has 0 bridgehead atoms. The smallest absolute Gasteiger partial charge is 0.254 e. The van der Waals surface area contributed by atoms with Gasteiger partial charge in [0.05, 0.1) is 0 Å². The lowest BCUT2D eigenvalue weighted by molar-refractivity contribution is 0.250. The van der Waals surface area contributed by atoms with Gasteiger partial charge in [-0.3, -0.25) is 0 Å². The minimum atomic E-state index is 0.197. The van der Waals surface area contributed by atoms with Gasteiger partial charge in [0.25, 0.3) is 5.78 Å². The molecule has 0 spiro atoms. The zero-order valence-corrected chi connectivity index (χ0v) is 10.1. The second-order valence-corrected chi connectivity index (χ2v) is 4.57. The van der Waals surface area contributed by atoms with E-state index in [1.165, 1.54) is 6.33 Å². The molecule has 0 amide bonds. The van der Waals surface area contributed by atoms with Crippen molar-refractivity contribution in [2.45, 2.75) is 19.4 Å². The van der Waals surface area contributed by atoms with E-state index in [0.717, 1.165) is 17.9 Å². The zero-order chi connectivity index (χ0) is 12.5. The molecule has 0 unspecified atom stereocenters. The maximum absolute atomic E-state index is 9.12. The highest BCUT2D eigenvalue weighted by molar-refractivity contribution is 5.46. The first-order chi connectivity index (χ1) is 8.76. The van der Waals surface area contributed by atoms with Crippen LogP contribution in [0.1, 0.15) is 12.1 Å². The van der Waals surface area contributed by atoms with Crippen LogP contribution < -0.4 is 5.32 Å². The minimum Gasteiger partial charge on any atom is -0.396 e. The lowest BCUT2D eigenvalue weighted by atomic mass is 10.1. The van der Waals surface area contributed by atoms with Gasteiger partial charge in [-0.15, -0.1) is 0 Å². The van der Waals surface area contributed by atoms with Crippen LogP contribution in [0.25, 0.3) is 5.78 Å². The monoisotopic (exact) mass is 245 g/mol. The van der Waals surface area contributed by atoms with Crippen LogP contribution in [0, 0.1) is 12.8 Å². The van der Waals surface area contributed by atoms with Gasteiger partial charge < -0.3 is 10.4 Å². The number of aryl methyl sites for hydroxylation is 1. The van der Waals surface area contributed by atoms with Gasteiger partial charge in [0, 0.05) is 30.3 Å². The Hall–Kier alpha value is -1.95. The average molecular weight is 245 g/mol. The fraction of sp³-hybridized carbons (Fsp3) is 0.417. The molecule has 0 aliphatic heterocycles. The van der Waals surface area contributed by atoms with E-state index in [1.54, 1.807) is 4.52 Å². The quantitative estimate of drug-likeness (QED) is 0.782.